The molecular weight excluding hydrogens is 368 g/mol. The van der Waals surface area contributed by atoms with Crippen LogP contribution in [0, 0.1) is 25.7 Å². The summed E-state index contributed by atoms with van der Waals surface area (Å²) in [7, 11) is 0. The van der Waals surface area contributed by atoms with E-state index in [0.717, 1.165) is 37.5 Å². The third-order valence-electron chi connectivity index (χ3n) is 6.97. The van der Waals surface area contributed by atoms with Crippen LogP contribution in [0.3, 0.4) is 0 Å². The van der Waals surface area contributed by atoms with Crippen molar-refractivity contribution < 1.29 is 9.53 Å². The summed E-state index contributed by atoms with van der Waals surface area (Å²) in [4.78, 5) is 17.0. The summed E-state index contributed by atoms with van der Waals surface area (Å²) in [5.41, 5.74) is 2.78. The molecule has 1 aromatic heterocycles. The minimum atomic E-state index is 0.0161. The average Bonchev–Trinajstić information content (AvgIpc) is 3.42. The molecule has 3 aliphatic rings. The minimum Gasteiger partial charge on any atom is -0.370 e. The molecule has 1 aromatic carbocycles. The molecule has 2 bridgehead atoms. The number of likely N-dealkylation sites (tertiary alicyclic amines) is 1. The Morgan fingerprint density at radius 1 is 1.29 bits per heavy atom. The van der Waals surface area contributed by atoms with Gasteiger partial charge in [0.05, 0.1) is 16.6 Å². The topological polar surface area (TPSA) is 41.6 Å². The standard InChI is InChI=1S/C23H28N2O2S/c1-15-5-3-4-6-17(15)12-25-13-19-18(20-9-10-23(19,14-25)27-20)11-24-22(26)21-8-7-16(2)28-21/h3-8,18-20H,9-14H2,1-2H3,(H,24,26)/t18-,19+,20+,23+/m0/s1. The summed E-state index contributed by atoms with van der Waals surface area (Å²) in [5.74, 6) is 1.02. The second-order valence-corrected chi connectivity index (χ2v) is 10.0. The molecule has 4 nitrogen and oxygen atoms in total. The highest BCUT2D eigenvalue weighted by atomic mass is 32.1. The van der Waals surface area contributed by atoms with Crippen molar-refractivity contribution in [3.8, 4) is 0 Å². The Kier molecular flexibility index (Phi) is 4.57. The zero-order valence-corrected chi connectivity index (χ0v) is 17.4. The van der Waals surface area contributed by atoms with Gasteiger partial charge in [0.15, 0.2) is 0 Å². The Balaban J connectivity index is 1.26. The Morgan fingerprint density at radius 2 is 2.14 bits per heavy atom. The van der Waals surface area contributed by atoms with Crippen LogP contribution in [-0.2, 0) is 11.3 Å². The first kappa shape index (κ1) is 18.3. The Hall–Kier alpha value is -1.69. The molecule has 0 saturated carbocycles. The van der Waals surface area contributed by atoms with Gasteiger partial charge in [-0.3, -0.25) is 9.69 Å². The number of amides is 1. The molecule has 0 radical (unpaired) electrons. The highest BCUT2D eigenvalue weighted by molar-refractivity contribution is 7.13. The molecule has 1 N–H and O–H groups in total. The van der Waals surface area contributed by atoms with Gasteiger partial charge in [0.2, 0.25) is 0 Å². The van der Waals surface area contributed by atoms with E-state index in [4.69, 9.17) is 4.74 Å². The van der Waals surface area contributed by atoms with Crippen LogP contribution in [0.25, 0.3) is 0 Å². The van der Waals surface area contributed by atoms with Crippen LogP contribution < -0.4 is 5.32 Å². The number of rotatable bonds is 5. The van der Waals surface area contributed by atoms with E-state index in [1.807, 2.05) is 19.1 Å². The van der Waals surface area contributed by atoms with E-state index in [1.165, 1.54) is 22.4 Å². The van der Waals surface area contributed by atoms with Gasteiger partial charge in [-0.15, -0.1) is 11.3 Å². The van der Waals surface area contributed by atoms with Crippen molar-refractivity contribution in [2.45, 2.75) is 44.9 Å². The van der Waals surface area contributed by atoms with Crippen molar-refractivity contribution in [3.63, 3.8) is 0 Å². The molecule has 28 heavy (non-hydrogen) atoms. The number of benzene rings is 1. The number of ether oxygens (including phenoxy) is 1. The van der Waals surface area contributed by atoms with Crippen LogP contribution in [0.1, 0.15) is 38.5 Å². The fourth-order valence-electron chi connectivity index (χ4n) is 5.56. The summed E-state index contributed by atoms with van der Waals surface area (Å²) in [5, 5.41) is 3.19. The lowest BCUT2D eigenvalue weighted by Gasteiger charge is -2.29. The molecule has 5 heteroatoms. The third kappa shape index (κ3) is 3.10. The molecular formula is C23H28N2O2S. The van der Waals surface area contributed by atoms with Crippen LogP contribution in [0.4, 0.5) is 0 Å². The molecule has 148 valence electrons. The monoisotopic (exact) mass is 396 g/mol. The van der Waals surface area contributed by atoms with Gasteiger partial charge >= 0.3 is 0 Å². The number of hydrogen-bond acceptors (Lipinski definition) is 4. The maximum Gasteiger partial charge on any atom is 0.261 e. The van der Waals surface area contributed by atoms with Gasteiger partial charge in [-0.05, 0) is 49.9 Å². The van der Waals surface area contributed by atoms with Crippen molar-refractivity contribution in [1.29, 1.82) is 0 Å². The number of carbonyl (C=O) groups is 1. The summed E-state index contributed by atoms with van der Waals surface area (Å²) < 4.78 is 6.55. The van der Waals surface area contributed by atoms with Gasteiger partial charge in [-0.25, -0.2) is 0 Å². The number of nitrogens with zero attached hydrogens (tertiary/aromatic N) is 1. The molecule has 3 fully saturated rings. The average molecular weight is 397 g/mol. The highest BCUT2D eigenvalue weighted by Crippen LogP contribution is 2.54. The molecule has 4 heterocycles. The van der Waals surface area contributed by atoms with Crippen LogP contribution in [0.15, 0.2) is 36.4 Å². The molecule has 4 atom stereocenters. The molecule has 3 aliphatic heterocycles. The number of aryl methyl sites for hydroxylation is 2. The first-order chi connectivity index (χ1) is 13.5. The van der Waals surface area contributed by atoms with E-state index in [0.29, 0.717) is 17.9 Å². The van der Waals surface area contributed by atoms with Crippen LogP contribution in [0.5, 0.6) is 0 Å². The van der Waals surface area contributed by atoms with Gasteiger partial charge in [0, 0.05) is 42.9 Å². The quantitative estimate of drug-likeness (QED) is 0.836. The largest absolute Gasteiger partial charge is 0.370 e. The van der Waals surface area contributed by atoms with E-state index >= 15 is 0 Å². The normalized spacial score (nSPS) is 31.3. The summed E-state index contributed by atoms with van der Waals surface area (Å²) in [6.45, 7) is 8.05. The first-order valence-electron chi connectivity index (χ1n) is 10.3. The number of fused-ring (bicyclic) bond motifs is 1. The predicted octanol–water partition coefficient (Wildman–Crippen LogP) is 3.77. The number of hydrogen-bond donors (Lipinski definition) is 1. The maximum absolute atomic E-state index is 12.5. The van der Waals surface area contributed by atoms with E-state index in [1.54, 1.807) is 11.3 Å². The van der Waals surface area contributed by atoms with E-state index in [9.17, 15) is 4.79 Å². The van der Waals surface area contributed by atoms with Gasteiger partial charge < -0.3 is 10.1 Å². The number of carbonyl (C=O) groups excluding carboxylic acids is 1. The molecule has 1 amide bonds. The lowest BCUT2D eigenvalue weighted by molar-refractivity contribution is 0.00211. The molecule has 0 aliphatic carbocycles. The number of nitrogens with one attached hydrogen (secondary N) is 1. The minimum absolute atomic E-state index is 0.0161. The number of thiophene rings is 1. The van der Waals surface area contributed by atoms with Crippen LogP contribution >= 0.6 is 11.3 Å². The lowest BCUT2D eigenvalue weighted by atomic mass is 9.73. The zero-order valence-electron chi connectivity index (χ0n) is 16.6. The highest BCUT2D eigenvalue weighted by Gasteiger charge is 2.62. The molecule has 3 saturated heterocycles. The van der Waals surface area contributed by atoms with Gasteiger partial charge in [0.25, 0.3) is 5.91 Å². The van der Waals surface area contributed by atoms with E-state index in [-0.39, 0.29) is 11.5 Å². The second-order valence-electron chi connectivity index (χ2n) is 8.75. The summed E-state index contributed by atoms with van der Waals surface area (Å²) in [6.07, 6.45) is 2.62. The zero-order chi connectivity index (χ0) is 19.3. The van der Waals surface area contributed by atoms with Gasteiger partial charge in [0.1, 0.15) is 0 Å². The summed E-state index contributed by atoms with van der Waals surface area (Å²) in [6, 6.07) is 12.6. The predicted molar refractivity (Wildman–Crippen MR) is 112 cm³/mol. The van der Waals surface area contributed by atoms with Crippen molar-refractivity contribution in [3.05, 3.63) is 57.3 Å². The first-order valence-corrected chi connectivity index (χ1v) is 11.1. The van der Waals surface area contributed by atoms with Gasteiger partial charge in [-0.1, -0.05) is 24.3 Å². The Morgan fingerprint density at radius 3 is 2.93 bits per heavy atom. The lowest BCUT2D eigenvalue weighted by Crippen LogP contribution is -2.41. The molecule has 1 spiro atoms. The summed E-state index contributed by atoms with van der Waals surface area (Å²) >= 11 is 1.56. The van der Waals surface area contributed by atoms with E-state index < -0.39 is 0 Å². The Labute approximate surface area is 170 Å². The van der Waals surface area contributed by atoms with E-state index in [2.05, 4.69) is 41.4 Å². The van der Waals surface area contributed by atoms with Crippen LogP contribution in [-0.4, -0.2) is 42.1 Å². The molecule has 5 rings (SSSR count). The van der Waals surface area contributed by atoms with Crippen LogP contribution in [0.2, 0.25) is 0 Å². The van der Waals surface area contributed by atoms with Crippen molar-refractivity contribution in [2.75, 3.05) is 19.6 Å². The Bertz CT molecular complexity index is 894. The molecule has 2 aromatic rings. The third-order valence-corrected chi connectivity index (χ3v) is 7.97. The van der Waals surface area contributed by atoms with Crippen molar-refractivity contribution >= 4 is 17.2 Å². The maximum atomic E-state index is 12.5. The molecule has 0 unspecified atom stereocenters. The van der Waals surface area contributed by atoms with Crippen molar-refractivity contribution in [1.82, 2.24) is 10.2 Å². The van der Waals surface area contributed by atoms with Crippen molar-refractivity contribution in [2.24, 2.45) is 11.8 Å². The fraction of sp³-hybridized carbons (Fsp3) is 0.522. The fourth-order valence-corrected chi connectivity index (χ4v) is 6.35. The second kappa shape index (κ2) is 6.97. The smallest absolute Gasteiger partial charge is 0.261 e. The SMILES string of the molecule is Cc1ccc(C(=O)NC[C@H]2[C@H]3CN(Cc4ccccc4C)C[C@]34CC[C@H]2O4)s1. The van der Waals surface area contributed by atoms with Gasteiger partial charge in [-0.2, -0.15) is 0 Å².